The number of benzene rings is 2. The van der Waals surface area contributed by atoms with Gasteiger partial charge in [0.1, 0.15) is 11.5 Å². The predicted molar refractivity (Wildman–Crippen MR) is 123 cm³/mol. The van der Waals surface area contributed by atoms with Crippen molar-refractivity contribution < 1.29 is 33.6 Å². The molecule has 0 spiro atoms. The Labute approximate surface area is 193 Å². The van der Waals surface area contributed by atoms with E-state index in [-0.39, 0.29) is 11.3 Å². The number of ketones is 1. The summed E-state index contributed by atoms with van der Waals surface area (Å²) in [6.45, 7) is 4.66. The van der Waals surface area contributed by atoms with Gasteiger partial charge in [-0.1, -0.05) is 13.8 Å². The first-order valence-corrected chi connectivity index (χ1v) is 10.5. The molecule has 1 amide bonds. The number of Topliss-reactive ketones (excluding diaryl/α,β-unsaturated/α-hetero) is 1. The smallest absolute Gasteiger partial charge is 0.295 e. The molecule has 2 aromatic carbocycles. The molecule has 0 aromatic heterocycles. The third-order valence-electron chi connectivity index (χ3n) is 5.39. The van der Waals surface area contributed by atoms with Crippen LogP contribution in [0.4, 0.5) is 0 Å². The summed E-state index contributed by atoms with van der Waals surface area (Å²) < 4.78 is 21.9. The van der Waals surface area contributed by atoms with E-state index in [1.807, 2.05) is 13.8 Å². The maximum Gasteiger partial charge on any atom is 0.295 e. The summed E-state index contributed by atoms with van der Waals surface area (Å²) in [6, 6.07) is 9.22. The van der Waals surface area contributed by atoms with Gasteiger partial charge in [0.2, 0.25) is 5.75 Å². The SMILES string of the molecule is COc1cc([C@H]2C(=C(O)c3ccc(OCC(C)C)cc3)C(=O)C(=O)N2C)cc(OC)c1OC. The number of amides is 1. The summed E-state index contributed by atoms with van der Waals surface area (Å²) in [5.41, 5.74) is 0.910. The highest BCUT2D eigenvalue weighted by molar-refractivity contribution is 6.46. The number of rotatable bonds is 8. The van der Waals surface area contributed by atoms with Gasteiger partial charge in [-0.3, -0.25) is 9.59 Å². The maximum absolute atomic E-state index is 12.9. The first-order chi connectivity index (χ1) is 15.7. The fraction of sp³-hybridized carbons (Fsp3) is 0.360. The van der Waals surface area contributed by atoms with Gasteiger partial charge in [0, 0.05) is 12.6 Å². The van der Waals surface area contributed by atoms with Crippen LogP contribution >= 0.6 is 0 Å². The molecule has 1 heterocycles. The second kappa shape index (κ2) is 9.85. The van der Waals surface area contributed by atoms with Gasteiger partial charge in [-0.2, -0.15) is 0 Å². The van der Waals surface area contributed by atoms with Crippen molar-refractivity contribution in [2.75, 3.05) is 35.0 Å². The average molecular weight is 456 g/mol. The van der Waals surface area contributed by atoms with Crippen LogP contribution in [0.2, 0.25) is 0 Å². The van der Waals surface area contributed by atoms with Crippen molar-refractivity contribution in [2.24, 2.45) is 5.92 Å². The van der Waals surface area contributed by atoms with Crippen molar-refractivity contribution in [2.45, 2.75) is 19.9 Å². The standard InChI is InChI=1S/C25H29NO7/c1-14(2)13-33-17-9-7-15(8-10-17)22(27)20-21(26(3)25(29)23(20)28)16-11-18(30-4)24(32-6)19(12-16)31-5/h7-12,14,21,27H,13H2,1-6H3/t21-/m0/s1. The van der Waals surface area contributed by atoms with E-state index < -0.39 is 17.7 Å². The van der Waals surface area contributed by atoms with Crippen molar-refractivity contribution in [1.82, 2.24) is 4.90 Å². The van der Waals surface area contributed by atoms with Gasteiger partial charge in [0.25, 0.3) is 11.7 Å². The maximum atomic E-state index is 12.9. The Kier molecular flexibility index (Phi) is 7.16. The summed E-state index contributed by atoms with van der Waals surface area (Å²) in [5.74, 6) is 0.395. The van der Waals surface area contributed by atoms with Crippen molar-refractivity contribution in [1.29, 1.82) is 0 Å². The van der Waals surface area contributed by atoms with Gasteiger partial charge in [-0.05, 0) is 47.9 Å². The zero-order valence-electron chi connectivity index (χ0n) is 19.7. The summed E-state index contributed by atoms with van der Waals surface area (Å²) >= 11 is 0. The minimum atomic E-state index is -0.837. The molecule has 3 rings (SSSR count). The van der Waals surface area contributed by atoms with Gasteiger partial charge < -0.3 is 29.0 Å². The Morgan fingerprint density at radius 3 is 2.06 bits per heavy atom. The van der Waals surface area contributed by atoms with E-state index in [0.29, 0.717) is 46.6 Å². The van der Waals surface area contributed by atoms with E-state index in [2.05, 4.69) is 0 Å². The van der Waals surface area contributed by atoms with Crippen LogP contribution in [0.5, 0.6) is 23.0 Å². The molecule has 2 aromatic rings. The Morgan fingerprint density at radius 2 is 1.58 bits per heavy atom. The number of likely N-dealkylation sites (N-methyl/N-ethyl adjacent to an activating group) is 1. The molecule has 33 heavy (non-hydrogen) atoms. The van der Waals surface area contributed by atoms with Crippen LogP contribution in [0.15, 0.2) is 42.0 Å². The normalized spacial score (nSPS) is 17.4. The molecular weight excluding hydrogens is 426 g/mol. The van der Waals surface area contributed by atoms with Crippen molar-refractivity contribution in [3.05, 3.63) is 53.1 Å². The van der Waals surface area contributed by atoms with E-state index in [1.165, 1.54) is 33.3 Å². The first-order valence-electron chi connectivity index (χ1n) is 10.5. The largest absolute Gasteiger partial charge is 0.507 e. The second-order valence-corrected chi connectivity index (χ2v) is 8.10. The summed E-state index contributed by atoms with van der Waals surface area (Å²) in [4.78, 5) is 26.8. The Balaban J connectivity index is 2.09. The number of hydrogen-bond donors (Lipinski definition) is 1. The Bertz CT molecular complexity index is 1050. The molecule has 1 aliphatic rings. The minimum absolute atomic E-state index is 0.0207. The predicted octanol–water partition coefficient (Wildman–Crippen LogP) is 3.80. The Morgan fingerprint density at radius 1 is 1.00 bits per heavy atom. The molecule has 8 heteroatoms. The molecule has 0 saturated carbocycles. The molecular formula is C25H29NO7. The number of carbonyl (C=O) groups is 2. The number of ether oxygens (including phenoxy) is 4. The number of nitrogens with zero attached hydrogens (tertiary/aromatic N) is 1. The van der Waals surface area contributed by atoms with Crippen LogP contribution < -0.4 is 18.9 Å². The highest BCUT2D eigenvalue weighted by Gasteiger charge is 2.44. The van der Waals surface area contributed by atoms with Crippen LogP contribution in [-0.4, -0.2) is 56.7 Å². The summed E-state index contributed by atoms with van der Waals surface area (Å²) in [5, 5.41) is 11.1. The quantitative estimate of drug-likeness (QED) is 0.368. The molecule has 1 aliphatic heterocycles. The van der Waals surface area contributed by atoms with Crippen molar-refractivity contribution in [3.8, 4) is 23.0 Å². The topological polar surface area (TPSA) is 94.5 Å². The van der Waals surface area contributed by atoms with Gasteiger partial charge in [0.15, 0.2) is 11.5 Å². The van der Waals surface area contributed by atoms with E-state index in [4.69, 9.17) is 18.9 Å². The number of likely N-dealkylation sites (tertiary alicyclic amines) is 1. The first kappa shape index (κ1) is 24.0. The molecule has 1 N–H and O–H groups in total. The third kappa shape index (κ3) is 4.60. The minimum Gasteiger partial charge on any atom is -0.507 e. The van der Waals surface area contributed by atoms with Gasteiger partial charge in [-0.15, -0.1) is 0 Å². The summed E-state index contributed by atoms with van der Waals surface area (Å²) in [7, 11) is 5.96. The number of carbonyl (C=O) groups excluding carboxylic acids is 2. The average Bonchev–Trinajstić information content (AvgIpc) is 3.05. The van der Waals surface area contributed by atoms with Gasteiger partial charge in [-0.25, -0.2) is 0 Å². The number of aliphatic hydroxyl groups is 1. The molecule has 176 valence electrons. The van der Waals surface area contributed by atoms with Crippen LogP contribution in [0.1, 0.15) is 31.0 Å². The zero-order chi connectivity index (χ0) is 24.3. The molecule has 1 atom stereocenters. The third-order valence-corrected chi connectivity index (χ3v) is 5.39. The van der Waals surface area contributed by atoms with Crippen LogP contribution in [0.25, 0.3) is 5.76 Å². The molecule has 0 unspecified atom stereocenters. The molecule has 1 fully saturated rings. The lowest BCUT2D eigenvalue weighted by atomic mass is 9.95. The van der Waals surface area contributed by atoms with Crippen LogP contribution in [-0.2, 0) is 9.59 Å². The molecule has 1 saturated heterocycles. The lowest BCUT2D eigenvalue weighted by molar-refractivity contribution is -0.139. The van der Waals surface area contributed by atoms with Crippen LogP contribution in [0.3, 0.4) is 0 Å². The van der Waals surface area contributed by atoms with Crippen molar-refractivity contribution >= 4 is 17.4 Å². The fourth-order valence-electron chi connectivity index (χ4n) is 3.72. The van der Waals surface area contributed by atoms with E-state index in [1.54, 1.807) is 36.4 Å². The van der Waals surface area contributed by atoms with Crippen molar-refractivity contribution in [3.63, 3.8) is 0 Å². The van der Waals surface area contributed by atoms with Crippen LogP contribution in [0, 0.1) is 5.92 Å². The highest BCUT2D eigenvalue weighted by Crippen LogP contribution is 2.45. The fourth-order valence-corrected chi connectivity index (χ4v) is 3.72. The van der Waals surface area contributed by atoms with E-state index in [9.17, 15) is 14.7 Å². The second-order valence-electron chi connectivity index (χ2n) is 8.10. The Hall–Kier alpha value is -3.68. The number of aliphatic hydroxyl groups excluding tert-OH is 1. The summed E-state index contributed by atoms with van der Waals surface area (Å²) in [6.07, 6.45) is 0. The zero-order valence-corrected chi connectivity index (χ0v) is 19.7. The van der Waals surface area contributed by atoms with E-state index >= 15 is 0 Å². The lowest BCUT2D eigenvalue weighted by Gasteiger charge is -2.23. The molecule has 0 aliphatic carbocycles. The highest BCUT2D eigenvalue weighted by atomic mass is 16.5. The van der Waals surface area contributed by atoms with Gasteiger partial charge in [0.05, 0.1) is 39.6 Å². The molecule has 0 bridgehead atoms. The lowest BCUT2D eigenvalue weighted by Crippen LogP contribution is -2.25. The monoisotopic (exact) mass is 455 g/mol. The molecule has 0 radical (unpaired) electrons. The number of methoxy groups -OCH3 is 3. The molecule has 8 nitrogen and oxygen atoms in total. The van der Waals surface area contributed by atoms with Gasteiger partial charge >= 0.3 is 0 Å². The number of hydrogen-bond acceptors (Lipinski definition) is 7. The van der Waals surface area contributed by atoms with E-state index in [0.717, 1.165) is 0 Å².